The minimum Gasteiger partial charge on any atom is -0.331 e. The summed E-state index contributed by atoms with van der Waals surface area (Å²) < 4.78 is 1.42. The number of aryl methyl sites for hydroxylation is 1. The van der Waals surface area contributed by atoms with E-state index in [1.807, 2.05) is 18.7 Å². The van der Waals surface area contributed by atoms with Crippen LogP contribution in [-0.2, 0) is 13.0 Å². The summed E-state index contributed by atoms with van der Waals surface area (Å²) in [6, 6.07) is 7.23. The number of hydrogen-bond donors (Lipinski definition) is 1. The molecule has 1 aliphatic rings. The molecule has 4 rings (SSSR count). The highest BCUT2D eigenvalue weighted by molar-refractivity contribution is 7.10. The van der Waals surface area contributed by atoms with Crippen molar-refractivity contribution in [2.24, 2.45) is 0 Å². The van der Waals surface area contributed by atoms with Crippen LogP contribution >= 0.6 is 11.3 Å². The first-order valence-corrected chi connectivity index (χ1v) is 9.53. The van der Waals surface area contributed by atoms with Gasteiger partial charge in [-0.05, 0) is 55.5 Å². The van der Waals surface area contributed by atoms with E-state index < -0.39 is 11.1 Å². The fourth-order valence-electron chi connectivity index (χ4n) is 3.68. The number of nitrogens with zero attached hydrogens (tertiary/aromatic N) is 2. The molecule has 2 aromatic heterocycles. The zero-order chi connectivity index (χ0) is 18.4. The van der Waals surface area contributed by atoms with Crippen LogP contribution in [0, 0.1) is 0 Å². The first-order valence-electron chi connectivity index (χ1n) is 8.65. The van der Waals surface area contributed by atoms with Gasteiger partial charge in [-0.1, -0.05) is 0 Å². The lowest BCUT2D eigenvalue weighted by atomic mass is 10.00. The van der Waals surface area contributed by atoms with Gasteiger partial charge in [-0.15, -0.1) is 11.3 Å². The Labute approximate surface area is 153 Å². The van der Waals surface area contributed by atoms with Crippen LogP contribution < -0.4 is 11.1 Å². The van der Waals surface area contributed by atoms with Gasteiger partial charge in [-0.2, -0.15) is 0 Å². The van der Waals surface area contributed by atoms with Crippen molar-refractivity contribution < 1.29 is 4.79 Å². The minimum atomic E-state index is -0.668. The summed E-state index contributed by atoms with van der Waals surface area (Å²) in [5.74, 6) is -0.0636. The highest BCUT2D eigenvalue weighted by atomic mass is 32.1. The topological polar surface area (TPSA) is 75.2 Å². The number of thiophene rings is 1. The van der Waals surface area contributed by atoms with Crippen molar-refractivity contribution in [3.8, 4) is 0 Å². The van der Waals surface area contributed by atoms with Gasteiger partial charge in [0.15, 0.2) is 0 Å². The average molecular weight is 369 g/mol. The van der Waals surface area contributed by atoms with Gasteiger partial charge in [0.2, 0.25) is 0 Å². The van der Waals surface area contributed by atoms with Gasteiger partial charge < -0.3 is 14.5 Å². The van der Waals surface area contributed by atoms with Crippen molar-refractivity contribution in [1.82, 2.24) is 14.5 Å². The molecule has 0 radical (unpaired) electrons. The second-order valence-corrected chi connectivity index (χ2v) is 7.46. The molecule has 0 saturated heterocycles. The third kappa shape index (κ3) is 2.50. The fourth-order valence-corrected chi connectivity index (χ4v) is 4.64. The molecule has 1 aliphatic heterocycles. The van der Waals surface area contributed by atoms with E-state index in [4.69, 9.17) is 0 Å². The van der Waals surface area contributed by atoms with Gasteiger partial charge in [0.05, 0.1) is 17.1 Å². The van der Waals surface area contributed by atoms with Crippen LogP contribution in [0.3, 0.4) is 0 Å². The van der Waals surface area contributed by atoms with Crippen molar-refractivity contribution >= 4 is 28.3 Å². The lowest BCUT2D eigenvalue weighted by molar-refractivity contribution is 0.0679. The zero-order valence-corrected chi connectivity index (χ0v) is 15.4. The number of rotatable bonds is 2. The SMILES string of the molecule is CCn1c(=O)c(=O)[nH]c2cc(C(=O)N3CCc4sccc4[C@@H]3C)ccc21. The number of nitrogens with one attached hydrogen (secondary N) is 1. The van der Waals surface area contributed by atoms with E-state index in [1.54, 1.807) is 29.5 Å². The smallest absolute Gasteiger partial charge is 0.316 e. The first kappa shape index (κ1) is 16.8. The molecule has 0 bridgehead atoms. The molecule has 6 nitrogen and oxygen atoms in total. The van der Waals surface area contributed by atoms with Gasteiger partial charge in [0.25, 0.3) is 5.91 Å². The van der Waals surface area contributed by atoms with Crippen molar-refractivity contribution in [1.29, 1.82) is 0 Å². The van der Waals surface area contributed by atoms with Crippen molar-refractivity contribution in [2.45, 2.75) is 32.9 Å². The predicted octanol–water partition coefficient (Wildman–Crippen LogP) is 2.53. The molecule has 3 heterocycles. The summed E-state index contributed by atoms with van der Waals surface area (Å²) >= 11 is 1.74. The second-order valence-electron chi connectivity index (χ2n) is 6.46. The van der Waals surface area contributed by atoms with E-state index in [-0.39, 0.29) is 11.9 Å². The molecule has 26 heavy (non-hydrogen) atoms. The Morgan fingerprint density at radius 3 is 2.88 bits per heavy atom. The van der Waals surface area contributed by atoms with Crippen LogP contribution in [0.25, 0.3) is 11.0 Å². The summed E-state index contributed by atoms with van der Waals surface area (Å²) in [6.45, 7) is 4.93. The molecule has 0 fully saturated rings. The largest absolute Gasteiger partial charge is 0.331 e. The van der Waals surface area contributed by atoms with E-state index in [9.17, 15) is 14.4 Å². The molecule has 0 unspecified atom stereocenters. The lowest BCUT2D eigenvalue weighted by Crippen LogP contribution is -2.38. The van der Waals surface area contributed by atoms with E-state index in [0.29, 0.717) is 29.7 Å². The summed E-state index contributed by atoms with van der Waals surface area (Å²) in [4.78, 5) is 42.7. The molecule has 3 aromatic rings. The molecule has 7 heteroatoms. The second kappa shape index (κ2) is 6.25. The maximum absolute atomic E-state index is 13.1. The van der Waals surface area contributed by atoms with Crippen molar-refractivity contribution in [2.75, 3.05) is 6.54 Å². The van der Waals surface area contributed by atoms with Gasteiger partial charge in [0, 0.05) is 23.5 Å². The summed E-state index contributed by atoms with van der Waals surface area (Å²) in [5.41, 5.74) is 1.61. The van der Waals surface area contributed by atoms with E-state index in [2.05, 4.69) is 16.4 Å². The Morgan fingerprint density at radius 2 is 2.12 bits per heavy atom. The van der Waals surface area contributed by atoms with Crippen LogP contribution in [0.2, 0.25) is 0 Å². The fraction of sp³-hybridized carbons (Fsp3) is 0.316. The number of benzene rings is 1. The van der Waals surface area contributed by atoms with Gasteiger partial charge in [0.1, 0.15) is 0 Å². The van der Waals surface area contributed by atoms with E-state index in [0.717, 1.165) is 6.42 Å². The monoisotopic (exact) mass is 369 g/mol. The average Bonchev–Trinajstić information content (AvgIpc) is 3.12. The Bertz CT molecular complexity index is 1120. The third-order valence-electron chi connectivity index (χ3n) is 5.08. The standard InChI is InChI=1S/C19H19N3O3S/c1-3-21-15-5-4-12(10-14(15)20-17(23)19(21)25)18(24)22-8-6-16-13(11(22)2)7-9-26-16/h4-5,7,9-11H,3,6,8H2,1-2H3,(H,20,23)/t11-/m0/s1. The van der Waals surface area contributed by atoms with E-state index >= 15 is 0 Å². The predicted molar refractivity (Wildman–Crippen MR) is 102 cm³/mol. The summed E-state index contributed by atoms with van der Waals surface area (Å²) in [5, 5.41) is 2.07. The maximum Gasteiger partial charge on any atom is 0.316 e. The zero-order valence-electron chi connectivity index (χ0n) is 14.6. The number of carbonyl (C=O) groups excluding carboxylic acids is 1. The molecule has 1 amide bonds. The van der Waals surface area contributed by atoms with Crippen molar-refractivity contribution in [3.05, 3.63) is 66.4 Å². The van der Waals surface area contributed by atoms with Gasteiger partial charge in [-0.3, -0.25) is 14.4 Å². The van der Waals surface area contributed by atoms with Gasteiger partial charge in [-0.25, -0.2) is 0 Å². The minimum absolute atomic E-state index is 0.0249. The molecular formula is C19H19N3O3S. The number of fused-ring (bicyclic) bond motifs is 2. The van der Waals surface area contributed by atoms with Gasteiger partial charge >= 0.3 is 11.1 Å². The van der Waals surface area contributed by atoms with E-state index in [1.165, 1.54) is 15.0 Å². The number of carbonyl (C=O) groups is 1. The van der Waals surface area contributed by atoms with Crippen LogP contribution in [0.4, 0.5) is 0 Å². The third-order valence-corrected chi connectivity index (χ3v) is 6.07. The normalized spacial score (nSPS) is 16.7. The number of H-pyrrole nitrogens is 1. The Balaban J connectivity index is 1.75. The molecule has 0 aliphatic carbocycles. The Kier molecular flexibility index (Phi) is 4.03. The Morgan fingerprint density at radius 1 is 1.31 bits per heavy atom. The van der Waals surface area contributed by atoms with Crippen LogP contribution in [-0.4, -0.2) is 26.9 Å². The Hall–Kier alpha value is -2.67. The molecule has 1 N–H and O–H groups in total. The number of aromatic nitrogens is 2. The van der Waals surface area contributed by atoms with Crippen molar-refractivity contribution in [3.63, 3.8) is 0 Å². The quantitative estimate of drug-likeness (QED) is 0.706. The number of aromatic amines is 1. The molecule has 1 aromatic carbocycles. The maximum atomic E-state index is 13.1. The highest BCUT2D eigenvalue weighted by Crippen LogP contribution is 2.33. The molecule has 134 valence electrons. The first-order chi connectivity index (χ1) is 12.5. The summed E-state index contributed by atoms with van der Waals surface area (Å²) in [7, 11) is 0. The number of hydrogen-bond acceptors (Lipinski definition) is 4. The molecular weight excluding hydrogens is 350 g/mol. The number of amides is 1. The highest BCUT2D eigenvalue weighted by Gasteiger charge is 2.29. The van der Waals surface area contributed by atoms with Crippen LogP contribution in [0.1, 0.15) is 40.7 Å². The molecule has 1 atom stereocenters. The molecule has 0 spiro atoms. The molecule has 0 saturated carbocycles. The van der Waals surface area contributed by atoms with Crippen LogP contribution in [0.15, 0.2) is 39.2 Å². The lowest BCUT2D eigenvalue weighted by Gasteiger charge is -2.33. The summed E-state index contributed by atoms with van der Waals surface area (Å²) in [6.07, 6.45) is 0.864. The van der Waals surface area contributed by atoms with Crippen LogP contribution in [0.5, 0.6) is 0 Å².